The average molecular weight is 295 g/mol. The number of oxime groups is 1. The minimum absolute atomic E-state index is 0.117. The normalized spacial score (nSPS) is 21.6. The van der Waals surface area contributed by atoms with E-state index in [-0.39, 0.29) is 5.66 Å². The summed E-state index contributed by atoms with van der Waals surface area (Å²) in [5, 5.41) is 11.6. The molecule has 1 aliphatic carbocycles. The molecule has 1 aromatic rings. The van der Waals surface area contributed by atoms with Gasteiger partial charge in [-0.05, 0) is 18.4 Å². The van der Waals surface area contributed by atoms with Gasteiger partial charge in [-0.1, -0.05) is 49.6 Å². The van der Waals surface area contributed by atoms with Crippen molar-refractivity contribution in [2.24, 2.45) is 5.16 Å². The average Bonchev–Trinajstić information content (AvgIpc) is 2.49. The Balaban J connectivity index is 2.27. The lowest BCUT2D eigenvalue weighted by Gasteiger charge is -2.32. The van der Waals surface area contributed by atoms with E-state index in [1.807, 2.05) is 30.3 Å². The van der Waals surface area contributed by atoms with Crippen LogP contribution in [-0.2, 0) is 4.57 Å². The van der Waals surface area contributed by atoms with Crippen molar-refractivity contribution in [3.05, 3.63) is 35.9 Å². The van der Waals surface area contributed by atoms with Gasteiger partial charge in [-0.15, -0.1) is 5.16 Å². The van der Waals surface area contributed by atoms with E-state index >= 15 is 0 Å². The second-order valence-corrected chi connectivity index (χ2v) is 8.12. The quantitative estimate of drug-likeness (QED) is 0.370. The Hall–Kier alpha value is -1.12. The molecule has 1 aliphatic rings. The topological polar surface area (TPSA) is 69.9 Å². The van der Waals surface area contributed by atoms with Crippen molar-refractivity contribution in [1.82, 2.24) is 0 Å². The maximum atomic E-state index is 13.0. The van der Waals surface area contributed by atoms with Gasteiger partial charge in [0.1, 0.15) is 0 Å². The van der Waals surface area contributed by atoms with Crippen LogP contribution in [-0.4, -0.2) is 22.0 Å². The first-order valence-electron chi connectivity index (χ1n) is 7.19. The molecule has 1 aromatic carbocycles. The highest BCUT2D eigenvalue weighted by Gasteiger charge is 2.39. The van der Waals surface area contributed by atoms with Crippen LogP contribution in [0.15, 0.2) is 35.5 Å². The number of nitrogens with zero attached hydrogens (tertiary/aromatic N) is 1. The van der Waals surface area contributed by atoms with Gasteiger partial charge in [0.05, 0.1) is 5.66 Å². The molecule has 1 fully saturated rings. The van der Waals surface area contributed by atoms with E-state index in [2.05, 4.69) is 5.16 Å². The lowest BCUT2D eigenvalue weighted by atomic mass is 10.0. The Morgan fingerprint density at radius 2 is 1.90 bits per heavy atom. The number of hydrogen-bond donors (Lipinski definition) is 2. The second kappa shape index (κ2) is 7.05. The molecule has 2 N–H and O–H groups in total. The van der Waals surface area contributed by atoms with Gasteiger partial charge < -0.3 is 10.1 Å². The molecule has 0 aromatic heterocycles. The highest BCUT2D eigenvalue weighted by Crippen LogP contribution is 2.63. The fraction of sp³-hybridized carbons (Fsp3) is 0.533. The third kappa shape index (κ3) is 3.50. The summed E-state index contributed by atoms with van der Waals surface area (Å²) < 4.78 is 13.0. The maximum Gasteiger partial charge on any atom is 0.211 e. The molecule has 2 rings (SSSR count). The molecule has 0 aliphatic heterocycles. The summed E-state index contributed by atoms with van der Waals surface area (Å²) in [7, 11) is -3.33. The Labute approximate surface area is 120 Å². The molecule has 2 unspecified atom stereocenters. The first-order valence-corrected chi connectivity index (χ1v) is 8.99. The van der Waals surface area contributed by atoms with Gasteiger partial charge in [0.15, 0.2) is 0 Å². The number of hydrogen-bond acceptors (Lipinski definition) is 3. The zero-order valence-electron chi connectivity index (χ0n) is 11.6. The molecule has 2 atom stereocenters. The van der Waals surface area contributed by atoms with Crippen LogP contribution in [0.25, 0.3) is 0 Å². The van der Waals surface area contributed by atoms with Gasteiger partial charge in [0.25, 0.3) is 0 Å². The summed E-state index contributed by atoms with van der Waals surface area (Å²) in [6.07, 6.45) is 6.50. The summed E-state index contributed by atoms with van der Waals surface area (Å²) in [4.78, 5) is 10.7. The fourth-order valence-corrected chi connectivity index (χ4v) is 5.64. The van der Waals surface area contributed by atoms with Crippen molar-refractivity contribution in [2.75, 3.05) is 0 Å². The van der Waals surface area contributed by atoms with Crippen LogP contribution in [0.3, 0.4) is 0 Å². The molecule has 0 radical (unpaired) electrons. The molecule has 4 nitrogen and oxygen atoms in total. The third-order valence-corrected chi connectivity index (χ3v) is 7.10. The molecule has 5 heteroatoms. The van der Waals surface area contributed by atoms with Gasteiger partial charge in [0.2, 0.25) is 7.37 Å². The zero-order chi connectivity index (χ0) is 14.4. The van der Waals surface area contributed by atoms with Crippen LogP contribution in [0.5, 0.6) is 0 Å². The van der Waals surface area contributed by atoms with Crippen molar-refractivity contribution < 1.29 is 14.7 Å². The summed E-state index contributed by atoms with van der Waals surface area (Å²) >= 11 is 0. The van der Waals surface area contributed by atoms with Crippen molar-refractivity contribution in [3.8, 4) is 0 Å². The Morgan fingerprint density at radius 3 is 2.50 bits per heavy atom. The molecule has 20 heavy (non-hydrogen) atoms. The van der Waals surface area contributed by atoms with Crippen LogP contribution < -0.4 is 0 Å². The van der Waals surface area contributed by atoms with Gasteiger partial charge in [-0.2, -0.15) is 0 Å². The summed E-state index contributed by atoms with van der Waals surface area (Å²) in [5.41, 5.74) is 0.264. The van der Waals surface area contributed by atoms with E-state index in [0.717, 1.165) is 37.7 Å². The van der Waals surface area contributed by atoms with E-state index in [1.54, 1.807) is 0 Å². The zero-order valence-corrected chi connectivity index (χ0v) is 12.5. The summed E-state index contributed by atoms with van der Waals surface area (Å²) in [5.74, 6) is 0. The molecule has 1 saturated carbocycles. The Kier molecular flexibility index (Phi) is 5.38. The first kappa shape index (κ1) is 15.3. The third-order valence-electron chi connectivity index (χ3n) is 4.14. The lowest BCUT2D eigenvalue weighted by molar-refractivity contribution is 0.320. The van der Waals surface area contributed by atoms with Crippen LogP contribution in [0.2, 0.25) is 0 Å². The van der Waals surface area contributed by atoms with E-state index in [4.69, 9.17) is 5.21 Å². The highest BCUT2D eigenvalue weighted by molar-refractivity contribution is 7.59. The predicted octanol–water partition coefficient (Wildman–Crippen LogP) is 4.18. The molecule has 0 saturated heterocycles. The summed E-state index contributed by atoms with van der Waals surface area (Å²) in [6.45, 7) is 0. The van der Waals surface area contributed by atoms with Crippen LogP contribution in [0.4, 0.5) is 0 Å². The predicted molar refractivity (Wildman–Crippen MR) is 80.8 cm³/mol. The van der Waals surface area contributed by atoms with Gasteiger partial charge in [-0.3, -0.25) is 4.57 Å². The molecular formula is C15H22NO3P. The Morgan fingerprint density at radius 1 is 1.25 bits per heavy atom. The van der Waals surface area contributed by atoms with Crippen LogP contribution in [0.1, 0.15) is 49.7 Å². The minimum atomic E-state index is -3.33. The largest absolute Gasteiger partial charge is 0.411 e. The van der Waals surface area contributed by atoms with Gasteiger partial charge in [0, 0.05) is 18.3 Å². The number of benzene rings is 1. The lowest BCUT2D eigenvalue weighted by Crippen LogP contribution is -2.17. The van der Waals surface area contributed by atoms with Crippen LogP contribution >= 0.6 is 7.37 Å². The molecular weight excluding hydrogens is 273 g/mol. The second-order valence-electron chi connectivity index (χ2n) is 5.42. The standard InChI is InChI=1S/C15H22NO3P/c17-16-12-11-15(13-7-3-1-4-8-13)20(18,19)14-9-5-2-6-10-14/h1,3-4,7-8,12,14-15,17H,2,5-6,9-11H2,(H,18,19). The van der Waals surface area contributed by atoms with E-state index in [0.29, 0.717) is 6.42 Å². The monoisotopic (exact) mass is 295 g/mol. The molecule has 0 heterocycles. The van der Waals surface area contributed by atoms with Gasteiger partial charge >= 0.3 is 0 Å². The van der Waals surface area contributed by atoms with Crippen molar-refractivity contribution in [2.45, 2.75) is 49.8 Å². The SMILES string of the molecule is O=P(O)(C1CCCCC1)C(CC=NO)c1ccccc1. The minimum Gasteiger partial charge on any atom is -0.411 e. The fourth-order valence-electron chi connectivity index (χ4n) is 3.03. The van der Waals surface area contributed by atoms with Crippen molar-refractivity contribution >= 4 is 13.6 Å². The molecule has 0 amide bonds. The van der Waals surface area contributed by atoms with E-state index < -0.39 is 13.0 Å². The molecule has 110 valence electrons. The van der Waals surface area contributed by atoms with E-state index in [9.17, 15) is 9.46 Å². The number of rotatable bonds is 5. The first-order chi connectivity index (χ1) is 9.66. The Bertz CT molecular complexity index is 483. The van der Waals surface area contributed by atoms with Crippen molar-refractivity contribution in [1.29, 1.82) is 0 Å². The molecule has 0 bridgehead atoms. The smallest absolute Gasteiger partial charge is 0.211 e. The molecule has 0 spiro atoms. The highest BCUT2D eigenvalue weighted by atomic mass is 31.2. The van der Waals surface area contributed by atoms with Gasteiger partial charge in [-0.25, -0.2) is 0 Å². The maximum absolute atomic E-state index is 13.0. The van der Waals surface area contributed by atoms with E-state index in [1.165, 1.54) is 6.21 Å². The van der Waals surface area contributed by atoms with Crippen molar-refractivity contribution in [3.63, 3.8) is 0 Å². The summed E-state index contributed by atoms with van der Waals surface area (Å²) in [6, 6.07) is 9.39. The van der Waals surface area contributed by atoms with Crippen LogP contribution in [0, 0.1) is 0 Å².